The van der Waals surface area contributed by atoms with E-state index in [2.05, 4.69) is 26.1 Å². The van der Waals surface area contributed by atoms with Crippen molar-refractivity contribution in [3.05, 3.63) is 34.1 Å². The van der Waals surface area contributed by atoms with Gasteiger partial charge in [0.05, 0.1) is 18.8 Å². The Morgan fingerprint density at radius 1 is 1.25 bits per heavy atom. The number of rotatable bonds is 4. The average Bonchev–Trinajstić information content (AvgIpc) is 2.63. The molecule has 1 N–H and O–H groups in total. The van der Waals surface area contributed by atoms with Gasteiger partial charge in [-0.1, -0.05) is 19.3 Å². The van der Waals surface area contributed by atoms with Crippen LogP contribution in [-0.2, 0) is 4.74 Å². The zero-order valence-corrected chi connectivity index (χ0v) is 15.4. The summed E-state index contributed by atoms with van der Waals surface area (Å²) in [6, 6.07) is 4.20. The fourth-order valence-electron chi connectivity index (χ4n) is 3.86. The first-order chi connectivity index (χ1) is 11.6. The van der Waals surface area contributed by atoms with Crippen LogP contribution in [0.4, 0.5) is 4.39 Å². The second-order valence-corrected chi connectivity index (χ2v) is 7.55. The number of benzene rings is 1. The number of carbonyl (C=O) groups excluding carboxylic acids is 1. The third-order valence-electron chi connectivity index (χ3n) is 5.22. The molecule has 4 nitrogen and oxygen atoms in total. The highest BCUT2D eigenvalue weighted by molar-refractivity contribution is 9.10. The van der Waals surface area contributed by atoms with Gasteiger partial charge in [-0.2, -0.15) is 0 Å². The average molecular weight is 399 g/mol. The summed E-state index contributed by atoms with van der Waals surface area (Å²) in [6.07, 6.45) is 5.83. The first-order valence-electron chi connectivity index (χ1n) is 8.67. The van der Waals surface area contributed by atoms with E-state index in [1.807, 2.05) is 0 Å². The van der Waals surface area contributed by atoms with Crippen molar-refractivity contribution >= 4 is 21.8 Å². The summed E-state index contributed by atoms with van der Waals surface area (Å²) in [6.45, 7) is 3.95. The van der Waals surface area contributed by atoms with Crippen LogP contribution in [0.1, 0.15) is 42.5 Å². The van der Waals surface area contributed by atoms with Gasteiger partial charge in [0.15, 0.2) is 0 Å². The highest BCUT2D eigenvalue weighted by Crippen LogP contribution is 2.34. The summed E-state index contributed by atoms with van der Waals surface area (Å²) in [7, 11) is 0. The second-order valence-electron chi connectivity index (χ2n) is 6.69. The molecule has 0 aromatic heterocycles. The van der Waals surface area contributed by atoms with Gasteiger partial charge in [0, 0.05) is 29.6 Å². The molecule has 132 valence electrons. The number of amides is 1. The van der Waals surface area contributed by atoms with Crippen molar-refractivity contribution < 1.29 is 13.9 Å². The van der Waals surface area contributed by atoms with E-state index in [4.69, 9.17) is 4.74 Å². The number of nitrogens with one attached hydrogen (secondary N) is 1. The maximum atomic E-state index is 13.4. The van der Waals surface area contributed by atoms with E-state index < -0.39 is 5.82 Å². The Morgan fingerprint density at radius 3 is 2.67 bits per heavy atom. The van der Waals surface area contributed by atoms with E-state index in [9.17, 15) is 9.18 Å². The Hall–Kier alpha value is -0.980. The Morgan fingerprint density at radius 2 is 1.96 bits per heavy atom. The fraction of sp³-hybridized carbons (Fsp3) is 0.611. The number of carbonyl (C=O) groups is 1. The molecule has 0 atom stereocenters. The van der Waals surface area contributed by atoms with E-state index in [-0.39, 0.29) is 11.4 Å². The third-order valence-corrected chi connectivity index (χ3v) is 5.91. The lowest BCUT2D eigenvalue weighted by molar-refractivity contribution is -0.0361. The molecule has 1 saturated heterocycles. The minimum Gasteiger partial charge on any atom is -0.379 e. The van der Waals surface area contributed by atoms with Crippen LogP contribution in [0.3, 0.4) is 0 Å². The van der Waals surface area contributed by atoms with Gasteiger partial charge < -0.3 is 10.1 Å². The van der Waals surface area contributed by atoms with Gasteiger partial charge in [0.2, 0.25) is 0 Å². The van der Waals surface area contributed by atoms with Crippen molar-refractivity contribution in [1.29, 1.82) is 0 Å². The maximum Gasteiger partial charge on any atom is 0.252 e. The molecule has 1 saturated carbocycles. The van der Waals surface area contributed by atoms with E-state index in [0.29, 0.717) is 16.6 Å². The minimum atomic E-state index is -0.399. The number of hydrogen-bond acceptors (Lipinski definition) is 3. The van der Waals surface area contributed by atoms with Crippen LogP contribution in [0, 0.1) is 5.82 Å². The number of halogens is 2. The Labute approximate surface area is 150 Å². The van der Waals surface area contributed by atoms with Crippen molar-refractivity contribution in [2.75, 3.05) is 32.8 Å². The molecule has 3 rings (SSSR count). The zero-order chi connectivity index (χ0) is 17.0. The molecule has 0 bridgehead atoms. The molecule has 2 fully saturated rings. The van der Waals surface area contributed by atoms with Crippen LogP contribution in [0.15, 0.2) is 22.7 Å². The first-order valence-corrected chi connectivity index (χ1v) is 9.46. The van der Waals surface area contributed by atoms with Crippen LogP contribution >= 0.6 is 15.9 Å². The SMILES string of the molecule is O=C(NCC1(N2CCOCC2)CCCCC1)c1cc(F)ccc1Br. The van der Waals surface area contributed by atoms with E-state index in [1.54, 1.807) is 6.07 Å². The molecule has 1 aromatic rings. The number of ether oxygens (including phenoxy) is 1. The quantitative estimate of drug-likeness (QED) is 0.845. The molecule has 1 aliphatic carbocycles. The molecular weight excluding hydrogens is 375 g/mol. The third kappa shape index (κ3) is 3.98. The van der Waals surface area contributed by atoms with Crippen molar-refractivity contribution in [1.82, 2.24) is 10.2 Å². The number of morpholine rings is 1. The predicted molar refractivity (Wildman–Crippen MR) is 94.6 cm³/mol. The molecule has 2 aliphatic rings. The monoisotopic (exact) mass is 398 g/mol. The highest BCUT2D eigenvalue weighted by atomic mass is 79.9. The van der Waals surface area contributed by atoms with Gasteiger partial charge in [0.1, 0.15) is 5.82 Å². The van der Waals surface area contributed by atoms with Crippen molar-refractivity contribution in [3.8, 4) is 0 Å². The lowest BCUT2D eigenvalue weighted by Crippen LogP contribution is -2.59. The first kappa shape index (κ1) is 17.8. The molecule has 0 radical (unpaired) electrons. The molecule has 6 heteroatoms. The Kier molecular flexibility index (Phi) is 5.89. The lowest BCUT2D eigenvalue weighted by atomic mass is 9.79. The van der Waals surface area contributed by atoms with Crippen LogP contribution in [0.25, 0.3) is 0 Å². The summed E-state index contributed by atoms with van der Waals surface area (Å²) in [5.74, 6) is -0.622. The Balaban J connectivity index is 1.71. The standard InChI is InChI=1S/C18H24BrFN2O2/c19-16-5-4-14(20)12-15(16)17(23)21-13-18(6-2-1-3-7-18)22-8-10-24-11-9-22/h4-5,12H,1-3,6-11,13H2,(H,21,23). The normalized spacial score (nSPS) is 21.4. The van der Waals surface area contributed by atoms with Gasteiger partial charge in [-0.3, -0.25) is 9.69 Å². The smallest absolute Gasteiger partial charge is 0.252 e. The topological polar surface area (TPSA) is 41.6 Å². The van der Waals surface area contributed by atoms with Crippen molar-refractivity contribution in [3.63, 3.8) is 0 Å². The summed E-state index contributed by atoms with van der Waals surface area (Å²) in [4.78, 5) is 15.0. The van der Waals surface area contributed by atoms with E-state index in [0.717, 1.165) is 39.1 Å². The van der Waals surface area contributed by atoms with Crippen LogP contribution < -0.4 is 5.32 Å². The summed E-state index contributed by atoms with van der Waals surface area (Å²) in [5.41, 5.74) is 0.361. The molecule has 1 aliphatic heterocycles. The minimum absolute atomic E-state index is 0.0114. The molecule has 0 unspecified atom stereocenters. The van der Waals surface area contributed by atoms with Crippen molar-refractivity contribution in [2.45, 2.75) is 37.6 Å². The summed E-state index contributed by atoms with van der Waals surface area (Å²) < 4.78 is 19.5. The van der Waals surface area contributed by atoms with Gasteiger partial charge in [-0.05, 0) is 47.0 Å². The molecule has 0 spiro atoms. The molecule has 24 heavy (non-hydrogen) atoms. The van der Waals surface area contributed by atoms with Crippen LogP contribution in [0.5, 0.6) is 0 Å². The highest BCUT2D eigenvalue weighted by Gasteiger charge is 2.38. The Bertz CT molecular complexity index is 584. The fourth-order valence-corrected chi connectivity index (χ4v) is 4.29. The predicted octanol–water partition coefficient (Wildman–Crippen LogP) is 3.35. The second kappa shape index (κ2) is 7.93. The van der Waals surface area contributed by atoms with Gasteiger partial charge in [-0.25, -0.2) is 4.39 Å². The van der Waals surface area contributed by atoms with Crippen LogP contribution in [-0.4, -0.2) is 49.2 Å². The molecular formula is C18H24BrFN2O2. The van der Waals surface area contributed by atoms with Gasteiger partial charge >= 0.3 is 0 Å². The summed E-state index contributed by atoms with van der Waals surface area (Å²) in [5, 5.41) is 3.06. The lowest BCUT2D eigenvalue weighted by Gasteiger charge is -2.48. The number of hydrogen-bond donors (Lipinski definition) is 1. The summed E-state index contributed by atoms with van der Waals surface area (Å²) >= 11 is 3.33. The molecule has 1 heterocycles. The van der Waals surface area contributed by atoms with E-state index in [1.165, 1.54) is 31.4 Å². The zero-order valence-electron chi connectivity index (χ0n) is 13.8. The van der Waals surface area contributed by atoms with Crippen LogP contribution in [0.2, 0.25) is 0 Å². The van der Waals surface area contributed by atoms with Crippen molar-refractivity contribution in [2.24, 2.45) is 0 Å². The number of nitrogens with zero attached hydrogens (tertiary/aromatic N) is 1. The van der Waals surface area contributed by atoms with Gasteiger partial charge in [0.25, 0.3) is 5.91 Å². The maximum absolute atomic E-state index is 13.4. The largest absolute Gasteiger partial charge is 0.379 e. The molecule has 1 amide bonds. The molecule has 1 aromatic carbocycles. The van der Waals surface area contributed by atoms with Gasteiger partial charge in [-0.15, -0.1) is 0 Å². The van der Waals surface area contributed by atoms with E-state index >= 15 is 0 Å².